The van der Waals surface area contributed by atoms with Crippen molar-refractivity contribution < 1.29 is 4.74 Å². The van der Waals surface area contributed by atoms with Crippen molar-refractivity contribution in [1.82, 2.24) is 9.55 Å². The van der Waals surface area contributed by atoms with Crippen LogP contribution in [0, 0.1) is 6.92 Å². The van der Waals surface area contributed by atoms with Gasteiger partial charge in [0.25, 0.3) is 5.56 Å². The molecule has 0 fully saturated rings. The van der Waals surface area contributed by atoms with Gasteiger partial charge in [0.1, 0.15) is 12.4 Å². The Morgan fingerprint density at radius 1 is 1.22 bits per heavy atom. The zero-order chi connectivity index (χ0) is 13.0. The van der Waals surface area contributed by atoms with E-state index in [0.29, 0.717) is 18.8 Å². The maximum absolute atomic E-state index is 11.6. The first-order valence-corrected chi connectivity index (χ1v) is 5.65. The summed E-state index contributed by atoms with van der Waals surface area (Å²) in [5, 5.41) is 0. The number of para-hydroxylation sites is 1. The first kappa shape index (κ1) is 12.2. The van der Waals surface area contributed by atoms with Crippen molar-refractivity contribution in [2.24, 2.45) is 0 Å². The van der Waals surface area contributed by atoms with Gasteiger partial charge >= 0.3 is 5.69 Å². The Morgan fingerprint density at radius 3 is 2.61 bits per heavy atom. The second-order valence-electron chi connectivity index (χ2n) is 3.89. The van der Waals surface area contributed by atoms with Crippen molar-refractivity contribution in [2.75, 3.05) is 6.61 Å². The molecule has 0 aliphatic heterocycles. The molecule has 5 nitrogen and oxygen atoms in total. The van der Waals surface area contributed by atoms with Gasteiger partial charge in [-0.25, -0.2) is 4.79 Å². The second kappa shape index (κ2) is 5.35. The summed E-state index contributed by atoms with van der Waals surface area (Å²) in [5.74, 6) is 0.757. The van der Waals surface area contributed by atoms with Gasteiger partial charge in [0.15, 0.2) is 0 Å². The SMILES string of the molecule is Cc1cc(=O)[nH]c(=O)n1CCOc1ccccc1. The lowest BCUT2D eigenvalue weighted by Crippen LogP contribution is -2.32. The van der Waals surface area contributed by atoms with E-state index in [1.54, 1.807) is 6.92 Å². The minimum atomic E-state index is -0.406. The maximum Gasteiger partial charge on any atom is 0.328 e. The number of nitrogens with one attached hydrogen (secondary N) is 1. The van der Waals surface area contributed by atoms with Crippen molar-refractivity contribution in [1.29, 1.82) is 0 Å². The molecule has 0 aliphatic carbocycles. The number of rotatable bonds is 4. The minimum Gasteiger partial charge on any atom is -0.492 e. The molecule has 2 rings (SSSR count). The van der Waals surface area contributed by atoms with Crippen molar-refractivity contribution in [3.63, 3.8) is 0 Å². The van der Waals surface area contributed by atoms with Gasteiger partial charge in [-0.05, 0) is 19.1 Å². The predicted octanol–water partition coefficient (Wildman–Crippen LogP) is 0.924. The summed E-state index contributed by atoms with van der Waals surface area (Å²) < 4.78 is 6.97. The number of nitrogens with zero attached hydrogens (tertiary/aromatic N) is 1. The fourth-order valence-electron chi connectivity index (χ4n) is 1.69. The van der Waals surface area contributed by atoms with E-state index in [1.165, 1.54) is 10.6 Å². The third-order valence-electron chi connectivity index (χ3n) is 2.57. The first-order valence-electron chi connectivity index (χ1n) is 5.65. The third-order valence-corrected chi connectivity index (χ3v) is 2.57. The molecule has 0 saturated heterocycles. The number of aromatic amines is 1. The van der Waals surface area contributed by atoms with Crippen LogP contribution in [-0.2, 0) is 6.54 Å². The van der Waals surface area contributed by atoms with Gasteiger partial charge in [-0.2, -0.15) is 0 Å². The van der Waals surface area contributed by atoms with Crippen LogP contribution in [0.1, 0.15) is 5.69 Å². The van der Waals surface area contributed by atoms with Crippen LogP contribution < -0.4 is 16.0 Å². The van der Waals surface area contributed by atoms with Crippen LogP contribution in [-0.4, -0.2) is 16.2 Å². The van der Waals surface area contributed by atoms with E-state index in [0.717, 1.165) is 5.75 Å². The van der Waals surface area contributed by atoms with Gasteiger partial charge in [-0.3, -0.25) is 14.3 Å². The largest absolute Gasteiger partial charge is 0.492 e. The number of aryl methyl sites for hydroxylation is 1. The number of H-pyrrole nitrogens is 1. The zero-order valence-corrected chi connectivity index (χ0v) is 10.1. The van der Waals surface area contributed by atoms with E-state index >= 15 is 0 Å². The Kier molecular flexibility index (Phi) is 3.62. The lowest BCUT2D eigenvalue weighted by molar-refractivity contribution is 0.294. The lowest BCUT2D eigenvalue weighted by atomic mass is 10.3. The fourth-order valence-corrected chi connectivity index (χ4v) is 1.69. The molecule has 1 aromatic carbocycles. The monoisotopic (exact) mass is 246 g/mol. The Hall–Kier alpha value is -2.30. The van der Waals surface area contributed by atoms with Crippen molar-refractivity contribution in [3.8, 4) is 5.75 Å². The molecular weight excluding hydrogens is 232 g/mol. The van der Waals surface area contributed by atoms with Gasteiger partial charge < -0.3 is 4.74 Å². The van der Waals surface area contributed by atoms with Crippen LogP contribution in [0.15, 0.2) is 46.0 Å². The number of aromatic nitrogens is 2. The third kappa shape index (κ3) is 2.88. The second-order valence-corrected chi connectivity index (χ2v) is 3.89. The molecule has 0 aliphatic rings. The summed E-state index contributed by atoms with van der Waals surface area (Å²) in [7, 11) is 0. The highest BCUT2D eigenvalue weighted by Crippen LogP contribution is 2.07. The quantitative estimate of drug-likeness (QED) is 0.872. The molecule has 2 aromatic rings. The molecule has 0 bridgehead atoms. The Morgan fingerprint density at radius 2 is 1.94 bits per heavy atom. The van der Waals surface area contributed by atoms with Crippen molar-refractivity contribution in [3.05, 3.63) is 62.9 Å². The first-order chi connectivity index (χ1) is 8.66. The smallest absolute Gasteiger partial charge is 0.328 e. The molecule has 0 saturated carbocycles. The summed E-state index contributed by atoms with van der Waals surface area (Å²) in [5.41, 5.74) is -0.158. The summed E-state index contributed by atoms with van der Waals surface area (Å²) in [6.07, 6.45) is 0. The number of hydrogen-bond donors (Lipinski definition) is 1. The van der Waals surface area contributed by atoms with E-state index in [1.807, 2.05) is 30.3 Å². The van der Waals surface area contributed by atoms with Crippen LogP contribution in [0.4, 0.5) is 0 Å². The molecule has 0 amide bonds. The molecule has 0 atom stereocenters. The molecule has 1 heterocycles. The highest BCUT2D eigenvalue weighted by atomic mass is 16.5. The van der Waals surface area contributed by atoms with Crippen LogP contribution in [0.3, 0.4) is 0 Å². The molecule has 94 valence electrons. The van der Waals surface area contributed by atoms with Gasteiger partial charge in [0.05, 0.1) is 6.54 Å². The molecule has 5 heteroatoms. The molecule has 0 spiro atoms. The van der Waals surface area contributed by atoms with Crippen molar-refractivity contribution >= 4 is 0 Å². The molecule has 0 radical (unpaired) electrons. The summed E-state index contributed by atoms with van der Waals surface area (Å²) >= 11 is 0. The standard InChI is InChI=1S/C13H14N2O3/c1-10-9-12(16)14-13(17)15(10)7-8-18-11-5-3-2-4-6-11/h2-6,9H,7-8H2,1H3,(H,14,16,17). The molecular formula is C13H14N2O3. The van der Waals surface area contributed by atoms with Gasteiger partial charge in [-0.1, -0.05) is 18.2 Å². The van der Waals surface area contributed by atoms with E-state index < -0.39 is 5.69 Å². The Bertz CT molecular complexity index is 629. The number of benzene rings is 1. The van der Waals surface area contributed by atoms with E-state index in [2.05, 4.69) is 4.98 Å². The number of ether oxygens (including phenoxy) is 1. The van der Waals surface area contributed by atoms with Crippen LogP contribution in [0.5, 0.6) is 5.75 Å². The fraction of sp³-hybridized carbons (Fsp3) is 0.231. The van der Waals surface area contributed by atoms with Crippen molar-refractivity contribution in [2.45, 2.75) is 13.5 Å². The van der Waals surface area contributed by atoms with E-state index in [9.17, 15) is 9.59 Å². The minimum absolute atomic E-state index is 0.372. The normalized spacial score (nSPS) is 10.3. The number of hydrogen-bond acceptors (Lipinski definition) is 3. The van der Waals surface area contributed by atoms with Crippen LogP contribution in [0.25, 0.3) is 0 Å². The van der Waals surface area contributed by atoms with Crippen LogP contribution >= 0.6 is 0 Å². The van der Waals surface area contributed by atoms with Gasteiger partial charge in [0, 0.05) is 11.8 Å². The average molecular weight is 246 g/mol. The summed E-state index contributed by atoms with van der Waals surface area (Å²) in [6.45, 7) is 2.49. The molecule has 1 aromatic heterocycles. The summed E-state index contributed by atoms with van der Waals surface area (Å²) in [4.78, 5) is 24.8. The highest BCUT2D eigenvalue weighted by molar-refractivity contribution is 5.20. The Labute approximate surface area is 104 Å². The highest BCUT2D eigenvalue weighted by Gasteiger charge is 2.02. The summed E-state index contributed by atoms with van der Waals surface area (Å²) in [6, 6.07) is 10.8. The Balaban J connectivity index is 2.03. The molecule has 18 heavy (non-hydrogen) atoms. The van der Waals surface area contributed by atoms with Gasteiger partial charge in [-0.15, -0.1) is 0 Å². The van der Waals surface area contributed by atoms with Gasteiger partial charge in [0.2, 0.25) is 0 Å². The zero-order valence-electron chi connectivity index (χ0n) is 10.1. The molecule has 1 N–H and O–H groups in total. The average Bonchev–Trinajstić information content (AvgIpc) is 2.34. The maximum atomic E-state index is 11.6. The van der Waals surface area contributed by atoms with Crippen LogP contribution in [0.2, 0.25) is 0 Å². The van der Waals surface area contributed by atoms with E-state index in [-0.39, 0.29) is 5.56 Å². The predicted molar refractivity (Wildman–Crippen MR) is 68.0 cm³/mol. The topological polar surface area (TPSA) is 64.1 Å². The lowest BCUT2D eigenvalue weighted by Gasteiger charge is -2.09. The molecule has 0 unspecified atom stereocenters. The van der Waals surface area contributed by atoms with E-state index in [4.69, 9.17) is 4.74 Å².